The van der Waals surface area contributed by atoms with Crippen LogP contribution >= 0.6 is 11.3 Å². The number of carbonyl (C=O) groups excluding carboxylic acids is 1. The molecule has 1 atom stereocenters. The van der Waals surface area contributed by atoms with Crippen LogP contribution < -0.4 is 16.0 Å². The number of benzene rings is 1. The minimum atomic E-state index is -2.51. The molecule has 11 heteroatoms. The number of anilines is 4. The van der Waals surface area contributed by atoms with E-state index in [1.54, 1.807) is 41.8 Å². The molecule has 31 heavy (non-hydrogen) atoms. The molecule has 4 N–H and O–H groups in total. The average Bonchev–Trinajstić information content (AvgIpc) is 3.22. The summed E-state index contributed by atoms with van der Waals surface area (Å²) in [5.74, 6) is 1.00. The molecule has 0 fully saturated rings. The van der Waals surface area contributed by atoms with Gasteiger partial charge in [0.1, 0.15) is 5.82 Å². The first kappa shape index (κ1) is 22.7. The maximum Gasteiger partial charge on any atom is 0.353 e. The maximum absolute atomic E-state index is 11.8. The molecule has 2 heterocycles. The predicted molar refractivity (Wildman–Crippen MR) is 127 cm³/mol. The lowest BCUT2D eigenvalue weighted by molar-refractivity contribution is 0.260. The van der Waals surface area contributed by atoms with Crippen molar-refractivity contribution >= 4 is 50.2 Å². The molecule has 0 radical (unpaired) electrons. The van der Waals surface area contributed by atoms with Gasteiger partial charge in [-0.3, -0.25) is 0 Å². The van der Waals surface area contributed by atoms with Gasteiger partial charge in [0.05, 0.1) is 16.3 Å². The van der Waals surface area contributed by atoms with Crippen LogP contribution in [0.5, 0.6) is 0 Å². The first-order chi connectivity index (χ1) is 14.7. The number of hydrogen-bond donors (Lipinski definition) is 4. The first-order valence-corrected chi connectivity index (χ1v) is 12.6. The molecule has 3 rings (SSSR count). The maximum atomic E-state index is 11.8. The summed E-state index contributed by atoms with van der Waals surface area (Å²) in [6.45, 7) is 1.84. The number of aliphatic hydroxyl groups excluding tert-OH is 1. The van der Waals surface area contributed by atoms with Crippen molar-refractivity contribution in [1.29, 1.82) is 0 Å². The molecule has 0 saturated carbocycles. The van der Waals surface area contributed by atoms with Crippen LogP contribution in [0.1, 0.15) is 6.92 Å². The third-order valence-electron chi connectivity index (χ3n) is 3.97. The molecule has 0 aliphatic carbocycles. The largest absolute Gasteiger partial charge is 0.394 e. The van der Waals surface area contributed by atoms with E-state index in [9.17, 15) is 14.1 Å². The summed E-state index contributed by atoms with van der Waals surface area (Å²) in [7, 11) is -2.51. The average molecular weight is 461 g/mol. The van der Waals surface area contributed by atoms with Gasteiger partial charge in [0.15, 0.2) is 0 Å². The van der Waals surface area contributed by atoms with Crippen LogP contribution in [0.15, 0.2) is 51.7 Å². The second-order valence-electron chi connectivity index (χ2n) is 7.10. The van der Waals surface area contributed by atoms with Gasteiger partial charge in [0.2, 0.25) is 5.95 Å². The lowest BCUT2D eigenvalue weighted by Gasteiger charge is -2.16. The molecule has 2 amide bonds. The zero-order chi connectivity index (χ0) is 22.4. The molecule has 3 aromatic rings. The van der Waals surface area contributed by atoms with Gasteiger partial charge in [0.25, 0.3) is 0 Å². The Morgan fingerprint density at radius 1 is 1.23 bits per heavy atom. The van der Waals surface area contributed by atoms with Crippen molar-refractivity contribution in [2.45, 2.75) is 13.0 Å². The molecular weight excluding hydrogens is 436 g/mol. The fourth-order valence-corrected chi connectivity index (χ4v) is 3.67. The van der Waals surface area contributed by atoms with E-state index in [0.717, 1.165) is 11.1 Å². The molecule has 0 saturated heterocycles. The van der Waals surface area contributed by atoms with Gasteiger partial charge in [-0.25, -0.2) is 14.0 Å². The quantitative estimate of drug-likeness (QED) is 0.419. The van der Waals surface area contributed by atoms with Gasteiger partial charge in [-0.2, -0.15) is 16.3 Å². The molecule has 0 bridgehead atoms. The van der Waals surface area contributed by atoms with Crippen molar-refractivity contribution in [2.75, 3.05) is 35.1 Å². The molecule has 9 nitrogen and oxygen atoms in total. The summed E-state index contributed by atoms with van der Waals surface area (Å²) >= 11 is 1.58. The summed E-state index contributed by atoms with van der Waals surface area (Å²) in [4.78, 5) is 20.7. The van der Waals surface area contributed by atoms with Crippen molar-refractivity contribution in [1.82, 2.24) is 9.97 Å². The van der Waals surface area contributed by atoms with Crippen molar-refractivity contribution in [3.8, 4) is 11.1 Å². The number of nitrogens with zero attached hydrogens (tertiary/aromatic N) is 3. The van der Waals surface area contributed by atoms with Gasteiger partial charge in [-0.1, -0.05) is 0 Å². The summed E-state index contributed by atoms with van der Waals surface area (Å²) in [6, 6.07) is 8.05. The fraction of sp³-hybridized carbons (Fsp3) is 0.250. The highest BCUT2D eigenvalue weighted by Gasteiger charge is 2.12. The summed E-state index contributed by atoms with van der Waals surface area (Å²) in [5, 5.41) is 22.3. The van der Waals surface area contributed by atoms with Gasteiger partial charge in [-0.05, 0) is 53.6 Å². The Labute approximate surface area is 185 Å². The monoisotopic (exact) mass is 460 g/mol. The zero-order valence-electron chi connectivity index (χ0n) is 17.3. The second kappa shape index (κ2) is 9.86. The van der Waals surface area contributed by atoms with E-state index in [0.29, 0.717) is 23.1 Å². The molecule has 0 aliphatic heterocycles. The van der Waals surface area contributed by atoms with Gasteiger partial charge < -0.3 is 21.1 Å². The third kappa shape index (κ3) is 6.74. The first-order valence-electron chi connectivity index (χ1n) is 9.36. The SMILES string of the molecule is C[C@H](CO)Nc1nc(Nc2ccc(NC(=O)N=S(C)(C)=O)cc2)ncc1-c1ccsc1. The highest BCUT2D eigenvalue weighted by molar-refractivity contribution is 7.92. The minimum absolute atomic E-state index is 0.0275. The number of aliphatic hydroxyl groups is 1. The van der Waals surface area contributed by atoms with Crippen molar-refractivity contribution in [3.05, 3.63) is 47.3 Å². The fourth-order valence-electron chi connectivity index (χ4n) is 2.57. The van der Waals surface area contributed by atoms with Crippen molar-refractivity contribution in [2.24, 2.45) is 4.36 Å². The van der Waals surface area contributed by atoms with Crippen LogP contribution in [0, 0.1) is 0 Å². The number of aromatic nitrogens is 2. The Morgan fingerprint density at radius 2 is 1.94 bits per heavy atom. The zero-order valence-corrected chi connectivity index (χ0v) is 19.0. The number of thiophene rings is 1. The Morgan fingerprint density at radius 3 is 2.55 bits per heavy atom. The smallest absolute Gasteiger partial charge is 0.353 e. The molecule has 0 spiro atoms. The Bertz CT molecular complexity index is 1150. The lowest BCUT2D eigenvalue weighted by atomic mass is 10.1. The van der Waals surface area contributed by atoms with Crippen LogP contribution in [-0.2, 0) is 9.73 Å². The van der Waals surface area contributed by atoms with Crippen LogP contribution in [0.2, 0.25) is 0 Å². The van der Waals surface area contributed by atoms with E-state index in [2.05, 4.69) is 30.3 Å². The molecule has 0 aliphatic rings. The molecule has 0 unspecified atom stereocenters. The number of urea groups is 1. The summed E-state index contributed by atoms with van der Waals surface area (Å²) in [5.41, 5.74) is 3.08. The van der Waals surface area contributed by atoms with Crippen molar-refractivity contribution in [3.63, 3.8) is 0 Å². The number of amides is 2. The van der Waals surface area contributed by atoms with Gasteiger partial charge in [-0.15, -0.1) is 4.36 Å². The minimum Gasteiger partial charge on any atom is -0.394 e. The molecule has 164 valence electrons. The Hall–Kier alpha value is -3.02. The topological polar surface area (TPSA) is 129 Å². The van der Waals surface area contributed by atoms with Gasteiger partial charge >= 0.3 is 6.03 Å². The van der Waals surface area contributed by atoms with E-state index in [1.165, 1.54) is 12.5 Å². The second-order valence-corrected chi connectivity index (χ2v) is 10.4. The molecule has 2 aromatic heterocycles. The number of carbonyl (C=O) groups is 1. The van der Waals surface area contributed by atoms with E-state index < -0.39 is 15.8 Å². The van der Waals surface area contributed by atoms with Crippen molar-refractivity contribution < 1.29 is 14.1 Å². The molecular formula is C20H24N6O3S2. The standard InChI is InChI=1S/C20H24N6O3S2/c1-13(11-27)22-18-17(14-8-9-30-12-14)10-21-19(25-18)23-15-4-6-16(7-5-15)24-20(28)26-31(2,3)29/h4-10,12-13,27H,11H2,1-3H3,(H,24,28)(H2,21,22,23,25)/t13-/m1/s1. The highest BCUT2D eigenvalue weighted by Crippen LogP contribution is 2.29. The van der Waals surface area contributed by atoms with Crippen LogP contribution in [0.4, 0.5) is 27.9 Å². The predicted octanol–water partition coefficient (Wildman–Crippen LogP) is 4.00. The summed E-state index contributed by atoms with van der Waals surface area (Å²) in [6.07, 6.45) is 4.52. The van der Waals surface area contributed by atoms with E-state index in [1.807, 2.05) is 23.8 Å². The normalized spacial score (nSPS) is 12.1. The van der Waals surface area contributed by atoms with E-state index in [-0.39, 0.29) is 12.6 Å². The number of hydrogen-bond acceptors (Lipinski definition) is 8. The highest BCUT2D eigenvalue weighted by atomic mass is 32.2. The van der Waals surface area contributed by atoms with Gasteiger partial charge in [0, 0.05) is 41.7 Å². The van der Waals surface area contributed by atoms with E-state index >= 15 is 0 Å². The number of nitrogens with one attached hydrogen (secondary N) is 3. The van der Waals surface area contributed by atoms with Crippen LogP contribution in [-0.4, -0.2) is 50.5 Å². The van der Waals surface area contributed by atoms with Crippen LogP contribution in [0.25, 0.3) is 11.1 Å². The Kier molecular flexibility index (Phi) is 7.21. The summed E-state index contributed by atoms with van der Waals surface area (Å²) < 4.78 is 15.2. The molecule has 1 aromatic carbocycles. The Balaban J connectivity index is 1.77. The van der Waals surface area contributed by atoms with Crippen LogP contribution in [0.3, 0.4) is 0 Å². The lowest BCUT2D eigenvalue weighted by Crippen LogP contribution is -2.21. The number of rotatable bonds is 7. The van der Waals surface area contributed by atoms with E-state index in [4.69, 9.17) is 0 Å². The third-order valence-corrected chi connectivity index (χ3v) is 5.26.